The summed E-state index contributed by atoms with van der Waals surface area (Å²) in [6, 6.07) is 6.83. The van der Waals surface area contributed by atoms with Crippen LogP contribution in [0.2, 0.25) is 0 Å². The Kier molecular flexibility index (Phi) is 5.10. The van der Waals surface area contributed by atoms with Crippen molar-refractivity contribution in [2.75, 3.05) is 24.5 Å². The molecule has 1 atom stereocenters. The summed E-state index contributed by atoms with van der Waals surface area (Å²) in [5, 5.41) is 4.19. The molecule has 2 aliphatic rings. The van der Waals surface area contributed by atoms with E-state index in [1.807, 2.05) is 19.1 Å². The number of hydrogen-bond donors (Lipinski definition) is 0. The maximum absolute atomic E-state index is 13.5. The fourth-order valence-electron chi connectivity index (χ4n) is 5.04. The lowest BCUT2D eigenvalue weighted by atomic mass is 9.78. The fourth-order valence-corrected chi connectivity index (χ4v) is 5.04. The highest BCUT2D eigenvalue weighted by atomic mass is 19.3. The van der Waals surface area contributed by atoms with Crippen LogP contribution in [0.3, 0.4) is 0 Å². The third-order valence-electron chi connectivity index (χ3n) is 6.70. The molecule has 0 aliphatic carbocycles. The number of nitrogens with zero attached hydrogens (tertiary/aromatic N) is 6. The SMILES string of the molecule is CC(=O)N1CCc2cc(C(=O)N3CCC[C@](C)(c4cc(C(F)F)nc5ncnn45)C3)ccc21. The van der Waals surface area contributed by atoms with Crippen molar-refractivity contribution in [1.82, 2.24) is 24.5 Å². The first kappa shape index (κ1) is 21.4. The minimum absolute atomic E-state index is 0.0143. The van der Waals surface area contributed by atoms with E-state index in [1.54, 1.807) is 15.9 Å². The smallest absolute Gasteiger partial charge is 0.280 e. The van der Waals surface area contributed by atoms with E-state index in [0.29, 0.717) is 37.3 Å². The molecule has 0 saturated carbocycles. The molecule has 0 unspecified atom stereocenters. The molecule has 2 aromatic heterocycles. The Morgan fingerprint density at radius 3 is 2.76 bits per heavy atom. The van der Waals surface area contributed by atoms with Gasteiger partial charge in [0, 0.05) is 43.2 Å². The largest absolute Gasteiger partial charge is 0.338 e. The van der Waals surface area contributed by atoms with Crippen molar-refractivity contribution < 1.29 is 18.4 Å². The van der Waals surface area contributed by atoms with E-state index < -0.39 is 11.8 Å². The molecule has 4 heterocycles. The van der Waals surface area contributed by atoms with Crippen LogP contribution in [-0.2, 0) is 16.6 Å². The van der Waals surface area contributed by atoms with Crippen LogP contribution in [-0.4, -0.2) is 55.9 Å². The molecular formula is C23H24F2N6O2. The van der Waals surface area contributed by atoms with E-state index in [1.165, 1.54) is 23.8 Å². The molecule has 0 radical (unpaired) electrons. The van der Waals surface area contributed by atoms with Crippen molar-refractivity contribution in [2.45, 2.75) is 45.0 Å². The molecule has 2 amide bonds. The zero-order valence-corrected chi connectivity index (χ0v) is 18.5. The molecule has 0 bridgehead atoms. The Hall–Kier alpha value is -3.43. The van der Waals surface area contributed by atoms with Gasteiger partial charge in [0.1, 0.15) is 12.0 Å². The second kappa shape index (κ2) is 7.86. The number of likely N-dealkylation sites (tertiary alicyclic amines) is 1. The van der Waals surface area contributed by atoms with E-state index in [2.05, 4.69) is 15.1 Å². The fraction of sp³-hybridized carbons (Fsp3) is 0.435. The van der Waals surface area contributed by atoms with Crippen LogP contribution in [0.5, 0.6) is 0 Å². The highest BCUT2D eigenvalue weighted by Crippen LogP contribution is 2.36. The van der Waals surface area contributed by atoms with Gasteiger partial charge in [-0.3, -0.25) is 9.59 Å². The van der Waals surface area contributed by atoms with Gasteiger partial charge in [-0.1, -0.05) is 6.92 Å². The van der Waals surface area contributed by atoms with Gasteiger partial charge in [0.2, 0.25) is 5.91 Å². The summed E-state index contributed by atoms with van der Waals surface area (Å²) in [5.74, 6) is 0.00339. The molecule has 5 rings (SSSR count). The number of halogens is 2. The van der Waals surface area contributed by atoms with Gasteiger partial charge in [0.15, 0.2) is 0 Å². The molecule has 10 heteroatoms. The normalized spacial score (nSPS) is 20.5. The lowest BCUT2D eigenvalue weighted by Crippen LogP contribution is -2.48. The highest BCUT2D eigenvalue weighted by Gasteiger charge is 2.38. The lowest BCUT2D eigenvalue weighted by Gasteiger charge is -2.40. The molecule has 1 aromatic carbocycles. The van der Waals surface area contributed by atoms with E-state index >= 15 is 0 Å². The zero-order valence-electron chi connectivity index (χ0n) is 18.5. The molecule has 33 heavy (non-hydrogen) atoms. The zero-order chi connectivity index (χ0) is 23.3. The van der Waals surface area contributed by atoms with Gasteiger partial charge in [-0.25, -0.2) is 18.3 Å². The third kappa shape index (κ3) is 3.63. The van der Waals surface area contributed by atoms with Crippen LogP contribution in [0.1, 0.15) is 60.4 Å². The topological polar surface area (TPSA) is 83.7 Å². The first-order valence-corrected chi connectivity index (χ1v) is 11.0. The van der Waals surface area contributed by atoms with Gasteiger partial charge in [0.05, 0.1) is 5.69 Å². The van der Waals surface area contributed by atoms with Gasteiger partial charge >= 0.3 is 0 Å². The highest BCUT2D eigenvalue weighted by molar-refractivity contribution is 5.98. The minimum Gasteiger partial charge on any atom is -0.338 e. The van der Waals surface area contributed by atoms with Crippen molar-refractivity contribution in [1.29, 1.82) is 0 Å². The van der Waals surface area contributed by atoms with Gasteiger partial charge in [-0.15, -0.1) is 0 Å². The Bertz CT molecular complexity index is 1260. The summed E-state index contributed by atoms with van der Waals surface area (Å²) in [5.41, 5.74) is 2.04. The van der Waals surface area contributed by atoms with Crippen LogP contribution in [0.15, 0.2) is 30.6 Å². The van der Waals surface area contributed by atoms with Gasteiger partial charge in [-0.05, 0) is 49.1 Å². The maximum atomic E-state index is 13.5. The molecule has 0 N–H and O–H groups in total. The molecule has 3 aromatic rings. The first-order chi connectivity index (χ1) is 15.8. The van der Waals surface area contributed by atoms with Gasteiger partial charge in [-0.2, -0.15) is 10.1 Å². The number of amides is 2. The van der Waals surface area contributed by atoms with Crippen molar-refractivity contribution in [3.05, 3.63) is 53.1 Å². The molecule has 8 nitrogen and oxygen atoms in total. The van der Waals surface area contributed by atoms with Gasteiger partial charge < -0.3 is 9.80 Å². The third-order valence-corrected chi connectivity index (χ3v) is 6.70. The summed E-state index contributed by atoms with van der Waals surface area (Å²) in [7, 11) is 0. The molecular weight excluding hydrogens is 430 g/mol. The lowest BCUT2D eigenvalue weighted by molar-refractivity contribution is -0.116. The van der Waals surface area contributed by atoms with Crippen LogP contribution < -0.4 is 4.90 Å². The number of rotatable bonds is 3. The number of carbonyl (C=O) groups excluding carboxylic acids is 2. The van der Waals surface area contributed by atoms with E-state index in [4.69, 9.17) is 0 Å². The average Bonchev–Trinajstić information content (AvgIpc) is 3.44. The maximum Gasteiger partial charge on any atom is 0.280 e. The standard InChI is InChI=1S/C23H24F2N6O2/c1-14(32)30-9-6-15-10-16(4-5-18(15)30)21(33)29-8-3-7-23(2,12-29)19-11-17(20(24)25)28-22-26-13-27-31(19)22/h4-5,10-11,13,20H,3,6-9,12H2,1-2H3/t23-/m0/s1. The summed E-state index contributed by atoms with van der Waals surface area (Å²) in [6.45, 7) is 5.06. The van der Waals surface area contributed by atoms with E-state index in [0.717, 1.165) is 24.1 Å². The second-order valence-corrected chi connectivity index (χ2v) is 8.99. The minimum atomic E-state index is -2.73. The van der Waals surface area contributed by atoms with Crippen LogP contribution in [0.25, 0.3) is 5.78 Å². The number of benzene rings is 1. The quantitative estimate of drug-likeness (QED) is 0.607. The van der Waals surface area contributed by atoms with Gasteiger partial charge in [0.25, 0.3) is 18.1 Å². The summed E-state index contributed by atoms with van der Waals surface area (Å²) in [4.78, 5) is 36.6. The summed E-state index contributed by atoms with van der Waals surface area (Å²) >= 11 is 0. The Balaban J connectivity index is 1.45. The molecule has 1 saturated heterocycles. The van der Waals surface area contributed by atoms with Crippen LogP contribution in [0, 0.1) is 0 Å². The number of alkyl halides is 2. The predicted octanol–water partition coefficient (Wildman–Crippen LogP) is 3.16. The number of hydrogen-bond acceptors (Lipinski definition) is 5. The van der Waals surface area contributed by atoms with Crippen LogP contribution in [0.4, 0.5) is 14.5 Å². The predicted molar refractivity (Wildman–Crippen MR) is 116 cm³/mol. The number of fused-ring (bicyclic) bond motifs is 2. The van der Waals surface area contributed by atoms with Crippen molar-refractivity contribution in [2.24, 2.45) is 0 Å². The summed E-state index contributed by atoms with van der Waals surface area (Å²) in [6.07, 6.45) is 0.733. The first-order valence-electron chi connectivity index (χ1n) is 11.0. The Morgan fingerprint density at radius 1 is 1.18 bits per heavy atom. The summed E-state index contributed by atoms with van der Waals surface area (Å²) < 4.78 is 28.4. The number of aromatic nitrogens is 4. The Morgan fingerprint density at radius 2 is 2.00 bits per heavy atom. The molecule has 2 aliphatic heterocycles. The van der Waals surface area contributed by atoms with E-state index in [9.17, 15) is 18.4 Å². The Labute approximate surface area is 189 Å². The van der Waals surface area contributed by atoms with E-state index in [-0.39, 0.29) is 23.3 Å². The van der Waals surface area contributed by atoms with Crippen molar-refractivity contribution in [3.8, 4) is 0 Å². The van der Waals surface area contributed by atoms with Crippen LogP contribution >= 0.6 is 0 Å². The van der Waals surface area contributed by atoms with Crippen molar-refractivity contribution >= 4 is 23.3 Å². The van der Waals surface area contributed by atoms with Crippen molar-refractivity contribution in [3.63, 3.8) is 0 Å². The average molecular weight is 454 g/mol. The monoisotopic (exact) mass is 454 g/mol. The molecule has 0 spiro atoms. The molecule has 1 fully saturated rings. The number of piperidine rings is 1. The number of anilines is 1. The number of carbonyl (C=O) groups is 2. The molecule has 172 valence electrons. The second-order valence-electron chi connectivity index (χ2n) is 8.99.